The van der Waals surface area contributed by atoms with Gasteiger partial charge in [-0.1, -0.05) is 5.21 Å². The number of rotatable bonds is 3. The summed E-state index contributed by atoms with van der Waals surface area (Å²) in [6, 6.07) is 0. The average Bonchev–Trinajstić information content (AvgIpc) is 2.42. The Hall–Kier alpha value is -1.43. The smallest absolute Gasteiger partial charge is 0.361 e. The molecular weight excluding hydrogens is 234 g/mol. The van der Waals surface area contributed by atoms with Crippen LogP contribution in [0.2, 0.25) is 0 Å². The van der Waals surface area contributed by atoms with Crippen LogP contribution in [0.3, 0.4) is 0 Å². The summed E-state index contributed by atoms with van der Waals surface area (Å²) in [6.07, 6.45) is 0. The fourth-order valence-corrected chi connectivity index (χ4v) is 1.39. The lowest BCUT2D eigenvalue weighted by Gasteiger charge is -2.19. The van der Waals surface area contributed by atoms with Crippen LogP contribution >= 0.6 is 0 Å². The Labute approximate surface area is 107 Å². The molecule has 1 aromatic heterocycles. The van der Waals surface area contributed by atoms with Crippen molar-refractivity contribution in [1.82, 2.24) is 15.0 Å². The van der Waals surface area contributed by atoms with Gasteiger partial charge < -0.3 is 9.84 Å². The van der Waals surface area contributed by atoms with Gasteiger partial charge in [-0.25, -0.2) is 9.48 Å². The van der Waals surface area contributed by atoms with Gasteiger partial charge >= 0.3 is 5.97 Å². The van der Waals surface area contributed by atoms with E-state index in [1.165, 1.54) is 4.68 Å². The van der Waals surface area contributed by atoms with Gasteiger partial charge in [0, 0.05) is 0 Å². The molecule has 0 atom stereocenters. The fraction of sp³-hybridized carbons (Fsp3) is 0.750. The Balaban J connectivity index is 2.90. The van der Waals surface area contributed by atoms with E-state index >= 15 is 0 Å². The molecule has 0 aliphatic carbocycles. The summed E-state index contributed by atoms with van der Waals surface area (Å²) < 4.78 is 6.73. The summed E-state index contributed by atoms with van der Waals surface area (Å²) in [5.74, 6) is -0.498. The maximum absolute atomic E-state index is 11.9. The van der Waals surface area contributed by atoms with Crippen LogP contribution < -0.4 is 0 Å². The predicted octanol–water partition coefficient (Wildman–Crippen LogP) is 1.31. The van der Waals surface area contributed by atoms with Gasteiger partial charge in [0.25, 0.3) is 0 Å². The molecule has 18 heavy (non-hydrogen) atoms. The number of nitrogens with zero attached hydrogens (tertiary/aromatic N) is 3. The molecule has 102 valence electrons. The first-order valence-corrected chi connectivity index (χ1v) is 5.85. The molecule has 0 aromatic carbocycles. The third kappa shape index (κ3) is 4.10. The Morgan fingerprint density at radius 1 is 1.33 bits per heavy atom. The predicted molar refractivity (Wildman–Crippen MR) is 66.2 cm³/mol. The Bertz CT molecular complexity index is 438. The third-order valence-corrected chi connectivity index (χ3v) is 2.11. The van der Waals surface area contributed by atoms with Crippen LogP contribution in [0.1, 0.15) is 50.8 Å². The van der Waals surface area contributed by atoms with Gasteiger partial charge in [0.1, 0.15) is 5.60 Å². The quantitative estimate of drug-likeness (QED) is 0.824. The molecule has 0 bridgehead atoms. The Morgan fingerprint density at radius 3 is 2.33 bits per heavy atom. The van der Waals surface area contributed by atoms with Crippen LogP contribution in [0.5, 0.6) is 0 Å². The van der Waals surface area contributed by atoms with Gasteiger partial charge in [-0.3, -0.25) is 0 Å². The molecule has 0 unspecified atom stereocenters. The standard InChI is InChI=1S/C12H21N3O3/c1-8-9(10(16)18-11(2,3)4)13-14-15(8)7-12(5,6)17/h17H,7H2,1-6H3. The van der Waals surface area contributed by atoms with Crippen molar-refractivity contribution in [3.05, 3.63) is 11.4 Å². The maximum Gasteiger partial charge on any atom is 0.361 e. The van der Waals surface area contributed by atoms with E-state index in [2.05, 4.69) is 10.3 Å². The lowest BCUT2D eigenvalue weighted by molar-refractivity contribution is 0.00611. The van der Waals surface area contributed by atoms with E-state index < -0.39 is 17.2 Å². The van der Waals surface area contributed by atoms with Crippen molar-refractivity contribution >= 4 is 5.97 Å². The van der Waals surface area contributed by atoms with Crippen LogP contribution in [-0.4, -0.2) is 37.3 Å². The van der Waals surface area contributed by atoms with Crippen LogP contribution in [0.25, 0.3) is 0 Å². The second-order valence-electron chi connectivity index (χ2n) is 6.00. The van der Waals surface area contributed by atoms with Gasteiger partial charge in [0.2, 0.25) is 0 Å². The van der Waals surface area contributed by atoms with Crippen molar-refractivity contribution in [2.45, 2.75) is 59.3 Å². The van der Waals surface area contributed by atoms with Gasteiger partial charge in [-0.05, 0) is 41.5 Å². The lowest BCUT2D eigenvalue weighted by atomic mass is 10.1. The molecule has 1 aromatic rings. The molecule has 1 heterocycles. The number of hydrogen-bond donors (Lipinski definition) is 1. The summed E-state index contributed by atoms with van der Waals surface area (Å²) in [5.41, 5.74) is -0.701. The van der Waals surface area contributed by atoms with E-state index in [1.54, 1.807) is 41.5 Å². The summed E-state index contributed by atoms with van der Waals surface area (Å²) in [7, 11) is 0. The normalized spacial score (nSPS) is 12.6. The second-order valence-corrected chi connectivity index (χ2v) is 6.00. The van der Waals surface area contributed by atoms with Crippen LogP contribution in [0, 0.1) is 6.92 Å². The molecule has 0 amide bonds. The zero-order chi connectivity index (χ0) is 14.1. The van der Waals surface area contributed by atoms with Gasteiger partial charge in [0.15, 0.2) is 5.69 Å². The number of aromatic nitrogens is 3. The van der Waals surface area contributed by atoms with E-state index in [4.69, 9.17) is 4.74 Å². The Kier molecular flexibility index (Phi) is 3.81. The highest BCUT2D eigenvalue weighted by Crippen LogP contribution is 2.14. The highest BCUT2D eigenvalue weighted by molar-refractivity contribution is 5.88. The summed E-state index contributed by atoms with van der Waals surface area (Å²) in [4.78, 5) is 11.9. The zero-order valence-electron chi connectivity index (χ0n) is 11.8. The molecule has 0 saturated heterocycles. The molecule has 0 aliphatic rings. The number of ether oxygens (including phenoxy) is 1. The largest absolute Gasteiger partial charge is 0.455 e. The van der Waals surface area contributed by atoms with Gasteiger partial charge in [-0.15, -0.1) is 5.10 Å². The van der Waals surface area contributed by atoms with Gasteiger partial charge in [-0.2, -0.15) is 0 Å². The van der Waals surface area contributed by atoms with Crippen molar-refractivity contribution in [2.24, 2.45) is 0 Å². The molecular formula is C12H21N3O3. The van der Waals surface area contributed by atoms with E-state index in [0.29, 0.717) is 5.69 Å². The van der Waals surface area contributed by atoms with E-state index in [-0.39, 0.29) is 12.2 Å². The molecule has 1 rings (SSSR count). The minimum atomic E-state index is -0.913. The number of aliphatic hydroxyl groups is 1. The second kappa shape index (κ2) is 4.68. The van der Waals surface area contributed by atoms with Crippen molar-refractivity contribution in [3.63, 3.8) is 0 Å². The SMILES string of the molecule is Cc1c(C(=O)OC(C)(C)C)nnn1CC(C)(C)O. The minimum Gasteiger partial charge on any atom is -0.455 e. The highest BCUT2D eigenvalue weighted by atomic mass is 16.6. The molecule has 0 saturated carbocycles. The fourth-order valence-electron chi connectivity index (χ4n) is 1.39. The molecule has 6 nitrogen and oxygen atoms in total. The lowest BCUT2D eigenvalue weighted by Crippen LogP contribution is -2.28. The first-order chi connectivity index (χ1) is 7.99. The van der Waals surface area contributed by atoms with Crippen LogP contribution in [0.15, 0.2) is 0 Å². The maximum atomic E-state index is 11.9. The first kappa shape index (κ1) is 14.6. The number of carbonyl (C=O) groups excluding carboxylic acids is 1. The van der Waals surface area contributed by atoms with Crippen LogP contribution in [-0.2, 0) is 11.3 Å². The number of carbonyl (C=O) groups is 1. The van der Waals surface area contributed by atoms with E-state index in [0.717, 1.165) is 0 Å². The highest BCUT2D eigenvalue weighted by Gasteiger charge is 2.25. The molecule has 6 heteroatoms. The van der Waals surface area contributed by atoms with E-state index in [1.807, 2.05) is 0 Å². The average molecular weight is 255 g/mol. The molecule has 1 N–H and O–H groups in total. The molecule has 0 radical (unpaired) electrons. The van der Waals surface area contributed by atoms with Crippen LogP contribution in [0.4, 0.5) is 0 Å². The summed E-state index contributed by atoms with van der Waals surface area (Å²) in [5, 5.41) is 17.4. The van der Waals surface area contributed by atoms with E-state index in [9.17, 15) is 9.90 Å². The Morgan fingerprint density at radius 2 is 1.89 bits per heavy atom. The molecule has 0 aliphatic heterocycles. The summed E-state index contributed by atoms with van der Waals surface area (Å²) in [6.45, 7) is 10.7. The van der Waals surface area contributed by atoms with Crippen molar-refractivity contribution in [2.75, 3.05) is 0 Å². The zero-order valence-corrected chi connectivity index (χ0v) is 11.8. The van der Waals surface area contributed by atoms with Crippen molar-refractivity contribution in [3.8, 4) is 0 Å². The molecule has 0 fully saturated rings. The minimum absolute atomic E-state index is 0.189. The van der Waals surface area contributed by atoms with Gasteiger partial charge in [0.05, 0.1) is 17.8 Å². The third-order valence-electron chi connectivity index (χ3n) is 2.11. The molecule has 0 spiro atoms. The first-order valence-electron chi connectivity index (χ1n) is 5.85. The van der Waals surface area contributed by atoms with Crippen molar-refractivity contribution < 1.29 is 14.6 Å². The topological polar surface area (TPSA) is 77.2 Å². The van der Waals surface area contributed by atoms with Crippen molar-refractivity contribution in [1.29, 1.82) is 0 Å². The summed E-state index contributed by atoms with van der Waals surface area (Å²) >= 11 is 0. The monoisotopic (exact) mass is 255 g/mol. The number of esters is 1. The number of hydrogen-bond acceptors (Lipinski definition) is 5.